The minimum Gasteiger partial charge on any atom is -0.317 e. The van der Waals surface area contributed by atoms with Crippen LogP contribution in [0.25, 0.3) is 0 Å². The van der Waals surface area contributed by atoms with Crippen molar-refractivity contribution in [1.82, 2.24) is 10.2 Å². The maximum Gasteiger partial charge on any atom is 0.00767 e. The van der Waals surface area contributed by atoms with Gasteiger partial charge in [0, 0.05) is 6.04 Å². The van der Waals surface area contributed by atoms with Gasteiger partial charge in [-0.1, -0.05) is 27.7 Å². The van der Waals surface area contributed by atoms with E-state index >= 15 is 0 Å². The van der Waals surface area contributed by atoms with Crippen molar-refractivity contribution < 1.29 is 0 Å². The quantitative estimate of drug-likeness (QED) is 0.703. The second-order valence-corrected chi connectivity index (χ2v) is 3.22. The van der Waals surface area contributed by atoms with Crippen molar-refractivity contribution >= 4 is 0 Å². The fourth-order valence-electron chi connectivity index (χ4n) is 1.53. The molecule has 88 valence electrons. The number of hydrogen-bond donors (Lipinski definition) is 1. The van der Waals surface area contributed by atoms with Crippen molar-refractivity contribution in [2.24, 2.45) is 0 Å². The van der Waals surface area contributed by atoms with Crippen LogP contribution in [0, 0.1) is 0 Å². The van der Waals surface area contributed by atoms with Crippen LogP contribution in [-0.2, 0) is 0 Å². The highest BCUT2D eigenvalue weighted by atomic mass is 15.1. The third kappa shape index (κ3) is 8.52. The van der Waals surface area contributed by atoms with Gasteiger partial charge in [0.2, 0.25) is 0 Å². The minimum atomic E-state index is 0.768. The summed E-state index contributed by atoms with van der Waals surface area (Å²) in [5.74, 6) is 0. The molecular formula is C12H30N2. The van der Waals surface area contributed by atoms with Gasteiger partial charge in [0.15, 0.2) is 0 Å². The number of nitrogens with zero attached hydrogens (tertiary/aromatic N) is 1. The van der Waals surface area contributed by atoms with E-state index in [4.69, 9.17) is 0 Å². The smallest absolute Gasteiger partial charge is 0.00767 e. The number of hydrogen-bond acceptors (Lipinski definition) is 2. The number of rotatable bonds is 1. The molecule has 1 heterocycles. The van der Waals surface area contributed by atoms with Gasteiger partial charge in [-0.15, -0.1) is 0 Å². The Bertz CT molecular complexity index is 94.3. The lowest BCUT2D eigenvalue weighted by Crippen LogP contribution is -2.26. The lowest BCUT2D eigenvalue weighted by molar-refractivity contribution is 0.345. The first kappa shape index (κ1) is 16.4. The Morgan fingerprint density at radius 2 is 1.57 bits per heavy atom. The molecule has 2 heteroatoms. The molecule has 2 nitrogen and oxygen atoms in total. The van der Waals surface area contributed by atoms with Gasteiger partial charge in [0.05, 0.1) is 0 Å². The summed E-state index contributed by atoms with van der Waals surface area (Å²) in [6, 6.07) is 0.768. The molecular weight excluding hydrogens is 172 g/mol. The molecule has 0 aromatic heterocycles. The Kier molecular flexibility index (Phi) is 15.1. The zero-order valence-corrected chi connectivity index (χ0v) is 11.1. The van der Waals surface area contributed by atoms with Gasteiger partial charge >= 0.3 is 0 Å². The molecule has 1 unspecified atom stereocenters. The van der Waals surface area contributed by atoms with Gasteiger partial charge < -0.3 is 10.2 Å². The summed E-state index contributed by atoms with van der Waals surface area (Å²) in [7, 11) is 4.27. The summed E-state index contributed by atoms with van der Waals surface area (Å²) in [5, 5.41) is 3.34. The van der Waals surface area contributed by atoms with E-state index in [0.717, 1.165) is 6.04 Å². The van der Waals surface area contributed by atoms with Crippen LogP contribution in [0.15, 0.2) is 0 Å². The van der Waals surface area contributed by atoms with Crippen molar-refractivity contribution in [3.8, 4) is 0 Å². The van der Waals surface area contributed by atoms with Crippen LogP contribution in [0.5, 0.6) is 0 Å². The maximum atomic E-state index is 3.34. The SMILES string of the molecule is CC.CC.CNC1CCCN(C)CC1. The third-order valence-electron chi connectivity index (χ3n) is 2.36. The van der Waals surface area contributed by atoms with Crippen LogP contribution in [0.1, 0.15) is 47.0 Å². The van der Waals surface area contributed by atoms with E-state index in [-0.39, 0.29) is 0 Å². The summed E-state index contributed by atoms with van der Waals surface area (Å²) < 4.78 is 0. The molecule has 1 atom stereocenters. The van der Waals surface area contributed by atoms with Gasteiger partial charge in [0.1, 0.15) is 0 Å². The summed E-state index contributed by atoms with van der Waals surface area (Å²) in [4.78, 5) is 2.41. The maximum absolute atomic E-state index is 3.34. The lowest BCUT2D eigenvalue weighted by atomic mass is 10.1. The standard InChI is InChI=1S/C8H18N2.2C2H6/c1-9-8-4-3-6-10(2)7-5-8;2*1-2/h8-9H,3-7H2,1-2H3;2*1-2H3. The molecule has 1 rings (SSSR count). The highest BCUT2D eigenvalue weighted by Gasteiger charge is 2.11. The van der Waals surface area contributed by atoms with E-state index in [1.54, 1.807) is 0 Å². The molecule has 14 heavy (non-hydrogen) atoms. The topological polar surface area (TPSA) is 15.3 Å². The highest BCUT2D eigenvalue weighted by molar-refractivity contribution is 4.71. The van der Waals surface area contributed by atoms with Crippen molar-refractivity contribution in [3.05, 3.63) is 0 Å². The molecule has 0 bridgehead atoms. The zero-order valence-electron chi connectivity index (χ0n) is 11.1. The van der Waals surface area contributed by atoms with Gasteiger partial charge in [0.25, 0.3) is 0 Å². The van der Waals surface area contributed by atoms with Gasteiger partial charge in [-0.3, -0.25) is 0 Å². The van der Waals surface area contributed by atoms with Crippen molar-refractivity contribution in [1.29, 1.82) is 0 Å². The predicted octanol–water partition coefficient (Wildman–Crippen LogP) is 2.74. The van der Waals surface area contributed by atoms with E-state index in [2.05, 4.69) is 24.3 Å². The summed E-state index contributed by atoms with van der Waals surface area (Å²) >= 11 is 0. The summed E-state index contributed by atoms with van der Waals surface area (Å²) in [6.45, 7) is 10.5. The molecule has 0 aliphatic carbocycles. The molecule has 1 aliphatic heterocycles. The lowest BCUT2D eigenvalue weighted by Gasteiger charge is -2.13. The minimum absolute atomic E-state index is 0.768. The van der Waals surface area contributed by atoms with Gasteiger partial charge in [-0.25, -0.2) is 0 Å². The molecule has 1 saturated heterocycles. The van der Waals surface area contributed by atoms with Crippen molar-refractivity contribution in [3.63, 3.8) is 0 Å². The Balaban J connectivity index is 0. The van der Waals surface area contributed by atoms with Crippen LogP contribution in [-0.4, -0.2) is 38.1 Å². The molecule has 0 amide bonds. The highest BCUT2D eigenvalue weighted by Crippen LogP contribution is 2.08. The predicted molar refractivity (Wildman–Crippen MR) is 66.9 cm³/mol. The fourth-order valence-corrected chi connectivity index (χ4v) is 1.53. The third-order valence-corrected chi connectivity index (χ3v) is 2.36. The molecule has 0 aromatic rings. The van der Waals surface area contributed by atoms with Crippen LogP contribution >= 0.6 is 0 Å². The first-order valence-electron chi connectivity index (χ1n) is 6.18. The molecule has 1 fully saturated rings. The second kappa shape index (κ2) is 12.9. The Labute approximate surface area is 91.1 Å². The fraction of sp³-hybridized carbons (Fsp3) is 1.00. The molecule has 0 radical (unpaired) electrons. The van der Waals surface area contributed by atoms with E-state index in [1.807, 2.05) is 27.7 Å². The van der Waals surface area contributed by atoms with Crippen LogP contribution in [0.3, 0.4) is 0 Å². The molecule has 0 spiro atoms. The molecule has 0 saturated carbocycles. The largest absolute Gasteiger partial charge is 0.317 e. The van der Waals surface area contributed by atoms with E-state index < -0.39 is 0 Å². The molecule has 1 N–H and O–H groups in total. The number of likely N-dealkylation sites (tertiary alicyclic amines) is 1. The normalized spacial score (nSPS) is 22.3. The van der Waals surface area contributed by atoms with Gasteiger partial charge in [-0.2, -0.15) is 0 Å². The average Bonchev–Trinajstić information content (AvgIpc) is 2.48. The first-order valence-corrected chi connectivity index (χ1v) is 6.18. The molecule has 1 aliphatic rings. The van der Waals surface area contributed by atoms with Crippen LogP contribution in [0.4, 0.5) is 0 Å². The average molecular weight is 202 g/mol. The number of nitrogens with one attached hydrogen (secondary N) is 1. The summed E-state index contributed by atoms with van der Waals surface area (Å²) in [5.41, 5.74) is 0. The second-order valence-electron chi connectivity index (χ2n) is 3.22. The van der Waals surface area contributed by atoms with E-state index in [0.29, 0.717) is 0 Å². The van der Waals surface area contributed by atoms with E-state index in [9.17, 15) is 0 Å². The van der Waals surface area contributed by atoms with Gasteiger partial charge in [-0.05, 0) is 46.4 Å². The Morgan fingerprint density at radius 1 is 1.00 bits per heavy atom. The first-order chi connectivity index (χ1) is 6.83. The van der Waals surface area contributed by atoms with E-state index in [1.165, 1.54) is 32.4 Å². The Morgan fingerprint density at radius 3 is 2.07 bits per heavy atom. The summed E-state index contributed by atoms with van der Waals surface area (Å²) in [6.07, 6.45) is 4.01. The van der Waals surface area contributed by atoms with Crippen LogP contribution in [0.2, 0.25) is 0 Å². The monoisotopic (exact) mass is 202 g/mol. The molecule has 0 aromatic carbocycles. The Hall–Kier alpha value is -0.0800. The zero-order chi connectivity index (χ0) is 11.4. The van der Waals surface area contributed by atoms with Crippen molar-refractivity contribution in [2.75, 3.05) is 27.2 Å². The van der Waals surface area contributed by atoms with Crippen molar-refractivity contribution in [2.45, 2.75) is 53.0 Å². The van der Waals surface area contributed by atoms with Crippen LogP contribution < -0.4 is 5.32 Å².